The van der Waals surface area contributed by atoms with Crippen molar-refractivity contribution in [3.63, 3.8) is 0 Å². The molecule has 540 valence electrons. The Morgan fingerprint density at radius 1 is 0.308 bits per heavy atom. The van der Waals surface area contributed by atoms with Gasteiger partial charge in [0, 0.05) is 25.7 Å². The third kappa shape index (κ3) is 65.1. The maximum absolute atomic E-state index is 13.0. The molecule has 0 aliphatic heterocycles. The third-order valence-corrected chi connectivity index (χ3v) is 19.0. The topological polar surface area (TPSA) is 237 Å². The highest BCUT2D eigenvalue weighted by Gasteiger charge is 2.30. The van der Waals surface area contributed by atoms with E-state index in [2.05, 4.69) is 34.6 Å². The van der Waals surface area contributed by atoms with Crippen molar-refractivity contribution in [2.75, 3.05) is 39.6 Å². The van der Waals surface area contributed by atoms with Crippen LogP contribution in [0.3, 0.4) is 0 Å². The van der Waals surface area contributed by atoms with Gasteiger partial charge < -0.3 is 33.8 Å². The SMILES string of the molecule is CCCCCCCCCCCCCCCCCCCCCC(=O)O[C@H](COC(=O)CCCCCCCCCCCCC(C)CC)COP(=O)(O)OC[C@@H](O)COP(=O)(O)OC[C@@H](COC(=O)CCCCCCC)OC(=O)CCCCCCCCCCCCCCC. The van der Waals surface area contributed by atoms with E-state index in [1.807, 2.05) is 0 Å². The van der Waals surface area contributed by atoms with Crippen LogP contribution in [0.2, 0.25) is 0 Å². The van der Waals surface area contributed by atoms with Crippen LogP contribution in [0, 0.1) is 5.92 Å². The number of carbonyl (C=O) groups is 4. The van der Waals surface area contributed by atoms with Crippen LogP contribution in [0.15, 0.2) is 0 Å². The van der Waals surface area contributed by atoms with Crippen molar-refractivity contribution in [2.24, 2.45) is 5.92 Å². The third-order valence-electron chi connectivity index (χ3n) is 17.1. The van der Waals surface area contributed by atoms with E-state index in [1.165, 1.54) is 193 Å². The molecule has 6 atom stereocenters. The standard InChI is InChI=1S/C72H140O17P2/c1-6-10-13-16-18-20-22-24-25-26-27-28-29-31-33-39-43-48-53-58-72(77)89-68(62-83-70(75)56-51-46-41-37-35-34-36-40-45-49-54-65(5)9-4)64-87-91(80,81)85-60-66(73)59-84-90(78,79)86-63-67(61-82-69(74)55-50-44-15-12-8-3)88-71(76)57-52-47-42-38-32-30-23-21-19-17-14-11-7-2/h65-68,73H,6-64H2,1-5H3,(H,78,79)(H,80,81)/t65?,66-,67+,68+/m0/s1. The number of phosphoric ester groups is 2. The first-order valence-electron chi connectivity index (χ1n) is 37.7. The fraction of sp³-hybridized carbons (Fsp3) is 0.944. The van der Waals surface area contributed by atoms with E-state index in [0.717, 1.165) is 102 Å². The molecule has 0 aromatic heterocycles. The van der Waals surface area contributed by atoms with Crippen molar-refractivity contribution >= 4 is 39.5 Å². The lowest BCUT2D eigenvalue weighted by Gasteiger charge is -2.21. The van der Waals surface area contributed by atoms with Gasteiger partial charge in [-0.15, -0.1) is 0 Å². The lowest BCUT2D eigenvalue weighted by Crippen LogP contribution is -2.30. The zero-order valence-corrected chi connectivity index (χ0v) is 60.8. The van der Waals surface area contributed by atoms with Crippen molar-refractivity contribution in [3.05, 3.63) is 0 Å². The number of phosphoric acid groups is 2. The zero-order chi connectivity index (χ0) is 67.0. The molecule has 0 aromatic rings. The van der Waals surface area contributed by atoms with E-state index in [-0.39, 0.29) is 25.7 Å². The van der Waals surface area contributed by atoms with Crippen LogP contribution in [-0.4, -0.2) is 96.7 Å². The number of unbranched alkanes of at least 4 members (excludes halogenated alkanes) is 43. The summed E-state index contributed by atoms with van der Waals surface area (Å²) in [5.74, 6) is -1.32. The Balaban J connectivity index is 5.14. The highest BCUT2D eigenvalue weighted by atomic mass is 31.2. The van der Waals surface area contributed by atoms with Crippen molar-refractivity contribution in [3.8, 4) is 0 Å². The molecule has 0 aliphatic rings. The minimum absolute atomic E-state index is 0.107. The van der Waals surface area contributed by atoms with E-state index < -0.39 is 97.5 Å². The molecule has 3 unspecified atom stereocenters. The summed E-state index contributed by atoms with van der Waals surface area (Å²) in [5, 5.41) is 10.6. The molecule has 0 bridgehead atoms. The maximum atomic E-state index is 13.0. The Morgan fingerprint density at radius 2 is 0.527 bits per heavy atom. The number of hydrogen-bond acceptors (Lipinski definition) is 15. The van der Waals surface area contributed by atoms with E-state index in [9.17, 15) is 43.2 Å². The zero-order valence-electron chi connectivity index (χ0n) is 59.0. The van der Waals surface area contributed by atoms with Gasteiger partial charge in [0.25, 0.3) is 0 Å². The first-order chi connectivity index (χ1) is 44.1. The van der Waals surface area contributed by atoms with E-state index >= 15 is 0 Å². The van der Waals surface area contributed by atoms with Gasteiger partial charge in [-0.25, -0.2) is 9.13 Å². The Hall–Kier alpha value is -1.94. The van der Waals surface area contributed by atoms with Gasteiger partial charge in [0.1, 0.15) is 19.3 Å². The van der Waals surface area contributed by atoms with E-state index in [4.69, 9.17) is 37.0 Å². The average molecular weight is 1340 g/mol. The molecule has 19 heteroatoms. The lowest BCUT2D eigenvalue weighted by molar-refractivity contribution is -0.161. The minimum Gasteiger partial charge on any atom is -0.462 e. The van der Waals surface area contributed by atoms with Crippen molar-refractivity contribution < 1.29 is 80.2 Å². The summed E-state index contributed by atoms with van der Waals surface area (Å²) in [4.78, 5) is 72.4. The molecule has 0 fully saturated rings. The quantitative estimate of drug-likeness (QED) is 0.0222. The molecule has 0 aromatic carbocycles. The molecule has 0 aliphatic carbocycles. The molecule has 0 rings (SSSR count). The Kier molecular flexibility index (Phi) is 64.0. The average Bonchev–Trinajstić information content (AvgIpc) is 2.98. The number of aliphatic hydroxyl groups excluding tert-OH is 1. The highest BCUT2D eigenvalue weighted by molar-refractivity contribution is 7.47. The van der Waals surface area contributed by atoms with E-state index in [0.29, 0.717) is 25.7 Å². The summed E-state index contributed by atoms with van der Waals surface area (Å²) in [6.07, 6.45) is 53.0. The smallest absolute Gasteiger partial charge is 0.462 e. The molecule has 91 heavy (non-hydrogen) atoms. The first kappa shape index (κ1) is 89.1. The van der Waals surface area contributed by atoms with Crippen LogP contribution in [0.1, 0.15) is 375 Å². The van der Waals surface area contributed by atoms with Crippen molar-refractivity contribution in [1.82, 2.24) is 0 Å². The Labute approximate surface area is 556 Å². The largest absolute Gasteiger partial charge is 0.472 e. The van der Waals surface area contributed by atoms with Crippen molar-refractivity contribution in [1.29, 1.82) is 0 Å². The molecule has 17 nitrogen and oxygen atoms in total. The van der Waals surface area contributed by atoms with Gasteiger partial charge in [-0.05, 0) is 31.6 Å². The predicted octanol–water partition coefficient (Wildman–Crippen LogP) is 20.9. The van der Waals surface area contributed by atoms with Gasteiger partial charge in [-0.1, -0.05) is 324 Å². The fourth-order valence-electron chi connectivity index (χ4n) is 11.0. The number of ether oxygens (including phenoxy) is 4. The second-order valence-corrected chi connectivity index (χ2v) is 29.1. The molecular formula is C72H140O17P2. The molecule has 0 saturated heterocycles. The molecule has 0 saturated carbocycles. The van der Waals surface area contributed by atoms with Crippen LogP contribution >= 0.6 is 15.6 Å². The highest BCUT2D eigenvalue weighted by Crippen LogP contribution is 2.45. The van der Waals surface area contributed by atoms with Crippen LogP contribution in [-0.2, 0) is 65.4 Å². The van der Waals surface area contributed by atoms with Crippen molar-refractivity contribution in [2.45, 2.75) is 393 Å². The fourth-order valence-corrected chi connectivity index (χ4v) is 12.5. The molecule has 0 amide bonds. The summed E-state index contributed by atoms with van der Waals surface area (Å²) < 4.78 is 68.2. The second kappa shape index (κ2) is 65.4. The number of esters is 4. The summed E-state index contributed by atoms with van der Waals surface area (Å²) in [6.45, 7) is 7.21. The second-order valence-electron chi connectivity index (χ2n) is 26.2. The molecular weight excluding hydrogens is 1200 g/mol. The Morgan fingerprint density at radius 3 is 0.780 bits per heavy atom. The molecule has 0 spiro atoms. The summed E-state index contributed by atoms with van der Waals surface area (Å²) in [5.41, 5.74) is 0. The van der Waals surface area contributed by atoms with Gasteiger partial charge in [-0.3, -0.25) is 37.3 Å². The predicted molar refractivity (Wildman–Crippen MR) is 368 cm³/mol. The summed E-state index contributed by atoms with van der Waals surface area (Å²) >= 11 is 0. The normalized spacial score (nSPS) is 14.3. The van der Waals surface area contributed by atoms with Gasteiger partial charge in [0.15, 0.2) is 12.2 Å². The first-order valence-corrected chi connectivity index (χ1v) is 40.7. The number of rotatable bonds is 72. The molecule has 0 heterocycles. The van der Waals surface area contributed by atoms with Gasteiger partial charge in [0.2, 0.25) is 0 Å². The van der Waals surface area contributed by atoms with Crippen LogP contribution < -0.4 is 0 Å². The molecule has 3 N–H and O–H groups in total. The summed E-state index contributed by atoms with van der Waals surface area (Å²) in [7, 11) is -9.89. The number of hydrogen-bond donors (Lipinski definition) is 3. The lowest BCUT2D eigenvalue weighted by atomic mass is 9.99. The van der Waals surface area contributed by atoms with Gasteiger partial charge in [0.05, 0.1) is 26.4 Å². The van der Waals surface area contributed by atoms with Gasteiger partial charge in [-0.2, -0.15) is 0 Å². The minimum atomic E-state index is -4.95. The number of carbonyl (C=O) groups excluding carboxylic acids is 4. The molecule has 0 radical (unpaired) electrons. The maximum Gasteiger partial charge on any atom is 0.472 e. The monoisotopic (exact) mass is 1340 g/mol. The van der Waals surface area contributed by atoms with Crippen LogP contribution in [0.5, 0.6) is 0 Å². The Bertz CT molecular complexity index is 1760. The summed E-state index contributed by atoms with van der Waals surface area (Å²) in [6, 6.07) is 0. The van der Waals surface area contributed by atoms with E-state index in [1.54, 1.807) is 0 Å². The van der Waals surface area contributed by atoms with Gasteiger partial charge >= 0.3 is 39.5 Å². The van der Waals surface area contributed by atoms with Crippen LogP contribution in [0.4, 0.5) is 0 Å². The number of aliphatic hydroxyl groups is 1. The van der Waals surface area contributed by atoms with Crippen LogP contribution in [0.25, 0.3) is 0 Å².